The van der Waals surface area contributed by atoms with E-state index in [2.05, 4.69) is 171 Å². The molecule has 2 aliphatic heterocycles. The Morgan fingerprint density at radius 1 is 0.683 bits per heavy atom. The van der Waals surface area contributed by atoms with E-state index >= 15 is 0 Å². The number of fused-ring (bicyclic) bond motifs is 6. The van der Waals surface area contributed by atoms with Gasteiger partial charge in [0.2, 0.25) is 5.69 Å². The van der Waals surface area contributed by atoms with Crippen molar-refractivity contribution in [2.24, 2.45) is 0 Å². The second-order valence-corrected chi connectivity index (χ2v) is 22.8. The van der Waals surface area contributed by atoms with E-state index in [9.17, 15) is 23.5 Å². The smallest absolute Gasteiger partial charge is 0.272 e. The third kappa shape index (κ3) is 12.8. The van der Waals surface area contributed by atoms with Crippen LogP contribution in [-0.4, -0.2) is 77.0 Å². The van der Waals surface area contributed by atoms with Crippen LogP contribution in [0.1, 0.15) is 80.9 Å². The Balaban J connectivity index is 0.000000223. The fourth-order valence-electron chi connectivity index (χ4n) is 11.2. The molecular formula is C68H66N6O7S. The summed E-state index contributed by atoms with van der Waals surface area (Å²) in [6, 6.07) is 51.1. The van der Waals surface area contributed by atoms with Crippen molar-refractivity contribution in [1.29, 1.82) is 10.5 Å². The Labute approximate surface area is 481 Å². The number of ether oxygens (including phenoxy) is 4. The van der Waals surface area contributed by atoms with Gasteiger partial charge in [0.05, 0.1) is 54.5 Å². The minimum atomic E-state index is -4.62. The van der Waals surface area contributed by atoms with E-state index < -0.39 is 15.4 Å². The lowest BCUT2D eigenvalue weighted by atomic mass is 9.80. The Bertz CT molecular complexity index is 4000. The van der Waals surface area contributed by atoms with Crippen LogP contribution in [0.5, 0.6) is 11.5 Å². The Morgan fingerprint density at radius 2 is 1.20 bits per heavy atom. The maximum Gasteiger partial charge on any atom is 0.272 e. The highest BCUT2D eigenvalue weighted by Gasteiger charge is 2.44. The van der Waals surface area contributed by atoms with Crippen molar-refractivity contribution in [1.82, 2.24) is 0 Å². The van der Waals surface area contributed by atoms with Crippen molar-refractivity contribution in [3.05, 3.63) is 225 Å². The summed E-state index contributed by atoms with van der Waals surface area (Å²) < 4.78 is 60.7. The van der Waals surface area contributed by atoms with Gasteiger partial charge in [-0.15, -0.1) is 0 Å². The molecule has 9 rings (SSSR count). The standard InChI is InChI=1S/C35H34N4O7S.C33H33N2/c1-26(27-10-6-4-7-11-27)14-16-43-18-20-45-33-22-30(32(25-37)39-3)34(23-29(33)31(24-36)38-2)46-21-19-44-17-15-35(47(40,41)42)28-12-8-5-9-13-28;1-32(2)26-20-18-23-13-8-10-15-25(23)31(26)35(6)28(32)16-11-17-29-33(3,4)30-24-14-9-7-12-22(24)19-21-27(30)34(29)5/h4-13,22-23,26,35H,14-21H2,1H3,(H,40,41,42);7-21H,1-6H3/q;+1/p-1/b31-29-,32-30+;. The molecule has 0 amide bonds. The van der Waals surface area contributed by atoms with E-state index in [1.54, 1.807) is 30.3 Å². The van der Waals surface area contributed by atoms with Gasteiger partial charge in [0.15, 0.2) is 5.71 Å². The highest BCUT2D eigenvalue weighted by molar-refractivity contribution is 7.86. The van der Waals surface area contributed by atoms with Gasteiger partial charge in [-0.3, -0.25) is 0 Å². The fourth-order valence-corrected chi connectivity index (χ4v) is 12.0. The van der Waals surface area contributed by atoms with E-state index in [1.807, 2.05) is 30.3 Å². The minimum Gasteiger partial charge on any atom is -0.747 e. The topological polar surface area (TPSA) is 157 Å². The second kappa shape index (κ2) is 26.2. The maximum absolute atomic E-state index is 11.8. The molecule has 2 heterocycles. The molecule has 7 aromatic rings. The van der Waals surface area contributed by atoms with Crippen LogP contribution >= 0.6 is 0 Å². The molecule has 13 nitrogen and oxygen atoms in total. The number of rotatable bonds is 19. The Hall–Kier alpha value is -8.86. The number of benzene rings is 7. The third-order valence-electron chi connectivity index (χ3n) is 15.4. The van der Waals surface area contributed by atoms with Crippen molar-refractivity contribution in [3.63, 3.8) is 0 Å². The molecule has 14 heteroatoms. The molecule has 0 bridgehead atoms. The lowest BCUT2D eigenvalue weighted by Crippen LogP contribution is -2.26. The Kier molecular flexibility index (Phi) is 18.9. The first-order valence-corrected chi connectivity index (χ1v) is 28.6. The van der Waals surface area contributed by atoms with Gasteiger partial charge < -0.3 is 28.4 Å². The SMILES string of the molecule is CN1/C(=C\C=C\C2=[N+](C)c3c(ccc4ccccc34)C2(C)C)C(C)(C)c2c1ccc1ccccc21.[C-]#[N+]/C(C#N)=c1/cc(OCCOCCC(c2ccccc2)S(=O)(=O)[O-])/c(=C(\C#N)[N+]#[C-])cc1OCCOCCC(C)c1ccccc1. The zero-order valence-corrected chi connectivity index (χ0v) is 48.2. The van der Waals surface area contributed by atoms with E-state index in [-0.39, 0.29) is 83.6 Å². The first-order chi connectivity index (χ1) is 39.5. The van der Waals surface area contributed by atoms with Crippen molar-refractivity contribution in [3.8, 4) is 23.6 Å². The van der Waals surface area contributed by atoms with E-state index in [0.717, 1.165) is 6.42 Å². The zero-order valence-electron chi connectivity index (χ0n) is 47.3. The summed E-state index contributed by atoms with van der Waals surface area (Å²) in [6.07, 6.45) is 7.61. The quantitative estimate of drug-likeness (QED) is 0.0330. The monoisotopic (exact) mass is 1110 g/mol. The van der Waals surface area contributed by atoms with Crippen LogP contribution in [0.3, 0.4) is 0 Å². The summed E-state index contributed by atoms with van der Waals surface area (Å²) in [7, 11) is -0.212. The summed E-state index contributed by atoms with van der Waals surface area (Å²) in [6.45, 7) is 27.1. The van der Waals surface area contributed by atoms with E-state index in [4.69, 9.17) is 32.1 Å². The number of hydrogen-bond acceptors (Lipinski definition) is 10. The number of allylic oxidation sites excluding steroid dienone is 4. The van der Waals surface area contributed by atoms with Crippen LogP contribution in [0.4, 0.5) is 11.4 Å². The van der Waals surface area contributed by atoms with Crippen LogP contribution in [-0.2, 0) is 30.4 Å². The largest absolute Gasteiger partial charge is 0.747 e. The summed E-state index contributed by atoms with van der Waals surface area (Å²) in [5.41, 5.74) is 8.97. The van der Waals surface area contributed by atoms with Crippen LogP contribution in [0.25, 0.3) is 42.6 Å². The molecule has 2 aliphatic rings. The molecule has 0 saturated carbocycles. The molecule has 0 spiro atoms. The van der Waals surface area contributed by atoms with Gasteiger partial charge in [0.1, 0.15) is 41.9 Å². The van der Waals surface area contributed by atoms with Crippen LogP contribution in [0.15, 0.2) is 170 Å². The summed E-state index contributed by atoms with van der Waals surface area (Å²) in [5, 5.41) is 23.4. The predicted octanol–water partition coefficient (Wildman–Crippen LogP) is 12.3. The fraction of sp³-hybridized carbons (Fsp3) is 0.279. The van der Waals surface area contributed by atoms with Gasteiger partial charge in [0.25, 0.3) is 11.4 Å². The lowest BCUT2D eigenvalue weighted by Gasteiger charge is -2.24. The number of anilines is 1. The molecule has 0 fully saturated rings. The molecule has 2 atom stereocenters. The molecule has 0 aromatic heterocycles. The highest BCUT2D eigenvalue weighted by atomic mass is 32.2. The molecule has 0 aliphatic carbocycles. The minimum absolute atomic E-state index is 0.0226. The van der Waals surface area contributed by atoms with Gasteiger partial charge in [-0.05, 0) is 95.8 Å². The molecule has 2 unspecified atom stereocenters. The van der Waals surface area contributed by atoms with Gasteiger partial charge in [-0.1, -0.05) is 148 Å². The molecule has 0 saturated heterocycles. The van der Waals surface area contributed by atoms with Crippen LogP contribution in [0.2, 0.25) is 0 Å². The lowest BCUT2D eigenvalue weighted by molar-refractivity contribution is -0.399. The maximum atomic E-state index is 11.8. The predicted molar refractivity (Wildman–Crippen MR) is 323 cm³/mol. The molecule has 0 radical (unpaired) electrons. The normalized spacial score (nSPS) is 16.0. The number of likely N-dealkylation sites (N-methyl/N-ethyl adjacent to an activating group) is 1. The van der Waals surface area contributed by atoms with E-state index in [0.29, 0.717) is 18.1 Å². The Morgan fingerprint density at radius 3 is 1.76 bits per heavy atom. The van der Waals surface area contributed by atoms with Crippen LogP contribution in [0, 0.1) is 35.8 Å². The zero-order chi connectivity index (χ0) is 58.6. The summed E-state index contributed by atoms with van der Waals surface area (Å²) in [4.78, 5) is 8.93. The first kappa shape index (κ1) is 59.3. The molecular weight excluding hydrogens is 1040 g/mol. The summed E-state index contributed by atoms with van der Waals surface area (Å²) in [5.74, 6) is 0.472. The van der Waals surface area contributed by atoms with Crippen molar-refractivity contribution in [2.75, 3.05) is 58.6 Å². The van der Waals surface area contributed by atoms with Crippen molar-refractivity contribution in [2.45, 2.75) is 69.5 Å². The summed E-state index contributed by atoms with van der Waals surface area (Å²) >= 11 is 0. The average molecular weight is 1110 g/mol. The number of nitriles is 2. The number of nitrogens with zero attached hydrogens (tertiary/aromatic N) is 6. The van der Waals surface area contributed by atoms with Crippen LogP contribution < -0.4 is 24.8 Å². The molecule has 7 aromatic carbocycles. The van der Waals surface area contributed by atoms with Gasteiger partial charge >= 0.3 is 0 Å². The van der Waals surface area contributed by atoms with Gasteiger partial charge in [-0.2, -0.15) is 4.58 Å². The third-order valence-corrected chi connectivity index (χ3v) is 16.6. The molecule has 416 valence electrons. The second-order valence-electron chi connectivity index (χ2n) is 21.2. The van der Waals surface area contributed by atoms with Gasteiger partial charge in [0, 0.05) is 59.1 Å². The van der Waals surface area contributed by atoms with Gasteiger partial charge in [-0.25, -0.2) is 28.6 Å². The highest BCUT2D eigenvalue weighted by Crippen LogP contribution is 2.50. The molecule has 0 N–H and O–H groups in total. The van der Waals surface area contributed by atoms with Crippen molar-refractivity contribution < 1.29 is 36.5 Å². The average Bonchev–Trinajstić information content (AvgIpc) is 2.50. The number of hydrogen-bond donors (Lipinski definition) is 0. The molecule has 82 heavy (non-hydrogen) atoms. The first-order valence-electron chi connectivity index (χ1n) is 27.2. The van der Waals surface area contributed by atoms with Crippen molar-refractivity contribution >= 4 is 60.1 Å². The van der Waals surface area contributed by atoms with E-state index in [1.165, 1.54) is 73.2 Å².